The summed E-state index contributed by atoms with van der Waals surface area (Å²) in [4.78, 5) is 0. The van der Waals surface area contributed by atoms with Crippen LogP contribution >= 0.6 is 0 Å². The zero-order valence-corrected chi connectivity index (χ0v) is 42.6. The van der Waals surface area contributed by atoms with Crippen molar-refractivity contribution in [3.05, 3.63) is 0 Å². The van der Waals surface area contributed by atoms with Crippen LogP contribution in [0.25, 0.3) is 0 Å². The predicted octanol–water partition coefficient (Wildman–Crippen LogP) is 17.7. The van der Waals surface area contributed by atoms with Crippen LogP contribution in [0.4, 0.5) is 0 Å². The molecular weight excluding hydrogens is 730 g/mol. The molecule has 0 aliphatic carbocycles. The topological polar surface area (TPSA) is 19.0 Å². The van der Waals surface area contributed by atoms with Crippen molar-refractivity contribution in [1.82, 2.24) is 10.1 Å². The average Bonchev–Trinajstić information content (AvgIpc) is 3.22. The van der Waals surface area contributed by atoms with Crippen molar-refractivity contribution >= 4 is 0 Å². The van der Waals surface area contributed by atoms with Crippen molar-refractivity contribution in [2.75, 3.05) is 45.9 Å². The van der Waals surface area contributed by atoms with Gasteiger partial charge in [0.15, 0.2) is 0 Å². The summed E-state index contributed by atoms with van der Waals surface area (Å²) in [6.07, 6.45) is 52.3. The number of hydrogen-bond acceptors (Lipinski definition) is 4. The molecule has 0 aliphatic heterocycles. The zero-order valence-electron chi connectivity index (χ0n) is 41.1. The zero-order chi connectivity index (χ0) is 41.8. The molecule has 4 nitrogen and oxygen atoms in total. The van der Waals surface area contributed by atoms with Gasteiger partial charge >= 0.3 is 370 Å². The Morgan fingerprint density at radius 1 is 0.228 bits per heavy atom. The van der Waals surface area contributed by atoms with E-state index in [1.807, 2.05) is 0 Å². The van der Waals surface area contributed by atoms with Gasteiger partial charge in [0.25, 0.3) is 0 Å². The third-order valence-corrected chi connectivity index (χ3v) is 19.6. The molecule has 0 amide bonds. The second-order valence-corrected chi connectivity index (χ2v) is 23.5. The van der Waals surface area contributed by atoms with E-state index in [4.69, 9.17) is 3.32 Å². The molecule has 0 aromatic heterocycles. The van der Waals surface area contributed by atoms with Crippen LogP contribution in [0.5, 0.6) is 0 Å². The molecule has 0 rings (SSSR count). The van der Waals surface area contributed by atoms with Crippen molar-refractivity contribution in [3.63, 3.8) is 0 Å². The molecule has 344 valence electrons. The van der Waals surface area contributed by atoms with Gasteiger partial charge in [-0.25, -0.2) is 0 Å². The van der Waals surface area contributed by atoms with Crippen LogP contribution in [0, 0.1) is 0 Å². The molecule has 57 heavy (non-hydrogen) atoms. The van der Waals surface area contributed by atoms with E-state index in [0.717, 1.165) is 6.61 Å². The molecule has 0 saturated heterocycles. The fraction of sp³-hybridized carbons (Fsp3) is 1.00. The Morgan fingerprint density at radius 3 is 0.596 bits per heavy atom. The Balaban J connectivity index is 7.12. The van der Waals surface area contributed by atoms with E-state index in [1.165, 1.54) is 283 Å². The monoisotopic (exact) mass is 842 g/mol. The Kier molecular flexibility index (Phi) is 46.5. The van der Waals surface area contributed by atoms with Crippen LogP contribution in [0.2, 0.25) is 0 Å². The van der Waals surface area contributed by atoms with Gasteiger partial charge in [-0.1, -0.05) is 0 Å². The third kappa shape index (κ3) is 32.0. The van der Waals surface area contributed by atoms with Gasteiger partial charge in [-0.15, -0.1) is 0 Å². The number of rotatable bonds is 49. The summed E-state index contributed by atoms with van der Waals surface area (Å²) in [6, 6.07) is 0. The first-order valence-corrected chi connectivity index (χ1v) is 29.7. The fourth-order valence-electron chi connectivity index (χ4n) is 8.93. The van der Waals surface area contributed by atoms with E-state index < -0.39 is 17.7 Å². The van der Waals surface area contributed by atoms with Crippen molar-refractivity contribution in [3.8, 4) is 0 Å². The normalized spacial score (nSPS) is 12.3. The maximum absolute atomic E-state index is 8.00. The van der Waals surface area contributed by atoms with Crippen molar-refractivity contribution in [1.29, 1.82) is 0 Å². The summed E-state index contributed by atoms with van der Waals surface area (Å²) < 4.78 is 17.5. The van der Waals surface area contributed by atoms with Crippen LogP contribution in [0.15, 0.2) is 0 Å². The van der Waals surface area contributed by atoms with Crippen molar-refractivity contribution < 1.29 is 21.1 Å². The van der Waals surface area contributed by atoms with Crippen molar-refractivity contribution in [2.24, 2.45) is 0 Å². The number of hydrogen-bond donors (Lipinski definition) is 0. The van der Waals surface area contributed by atoms with Crippen LogP contribution in [0.3, 0.4) is 0 Å². The maximum atomic E-state index is 8.00. The average molecular weight is 842 g/mol. The van der Waals surface area contributed by atoms with Gasteiger partial charge in [-0.3, -0.25) is 0 Å². The van der Waals surface area contributed by atoms with Crippen LogP contribution in [-0.4, -0.2) is 56.0 Å². The summed E-state index contributed by atoms with van der Waals surface area (Å²) in [5.74, 6) is 0. The molecule has 0 spiro atoms. The van der Waals surface area contributed by atoms with E-state index >= 15 is 0 Å². The molecule has 0 unspecified atom stereocenters. The summed E-state index contributed by atoms with van der Waals surface area (Å²) >= 11 is -3.46. The predicted molar refractivity (Wildman–Crippen MR) is 256 cm³/mol. The first-order chi connectivity index (χ1) is 28.1. The standard InChI is InChI=1S/3C16H34N.C4H9O.Ti/c3*1-3-5-7-9-11-13-15-17-16-14-12-10-8-6-4-2;1-2-3-4-5;/h3*3-16H2,1-2H3;2-4H2,1H3;/q4*-1;+4. The SMILES string of the molecule is CCCCCCCC[N](CCCCCCCC)[Ti]([O]CCCC)([N](CCCCCCCC)CCCCCCCC)[N](CCCCCCCC)CCCCCCCC. The van der Waals surface area contributed by atoms with Gasteiger partial charge in [0.05, 0.1) is 0 Å². The van der Waals surface area contributed by atoms with Crippen molar-refractivity contribution in [2.45, 2.75) is 292 Å². The van der Waals surface area contributed by atoms with E-state index in [0.29, 0.717) is 0 Å². The van der Waals surface area contributed by atoms with Crippen LogP contribution in [-0.2, 0) is 21.1 Å². The van der Waals surface area contributed by atoms with Gasteiger partial charge in [0.1, 0.15) is 0 Å². The van der Waals surface area contributed by atoms with Gasteiger partial charge in [0, 0.05) is 0 Å². The molecule has 5 heteroatoms. The molecule has 0 atom stereocenters. The third-order valence-electron chi connectivity index (χ3n) is 12.7. The van der Waals surface area contributed by atoms with E-state index in [2.05, 4.69) is 58.6 Å². The van der Waals surface area contributed by atoms with E-state index in [1.54, 1.807) is 0 Å². The Morgan fingerprint density at radius 2 is 0.404 bits per heavy atom. The Bertz CT molecular complexity index is 617. The molecule has 0 fully saturated rings. The minimum atomic E-state index is -3.46. The quantitative estimate of drug-likeness (QED) is 0.0449. The molecule has 0 aromatic carbocycles. The molecule has 0 aromatic rings. The van der Waals surface area contributed by atoms with Crippen LogP contribution < -0.4 is 0 Å². The molecule has 0 aliphatic rings. The molecule has 0 saturated carbocycles. The van der Waals surface area contributed by atoms with E-state index in [-0.39, 0.29) is 0 Å². The Hall–Kier alpha value is 0.554. The minimum absolute atomic E-state index is 0.965. The molecular formula is C52H111N3OTi. The molecule has 0 heterocycles. The summed E-state index contributed by atoms with van der Waals surface area (Å²) in [7, 11) is 0. The van der Waals surface area contributed by atoms with Gasteiger partial charge in [-0.05, 0) is 0 Å². The van der Waals surface area contributed by atoms with Gasteiger partial charge < -0.3 is 0 Å². The number of unbranched alkanes of at least 4 members (excludes halogenated alkanes) is 31. The Labute approximate surface area is 367 Å². The summed E-state index contributed by atoms with van der Waals surface area (Å²) in [5, 5.41) is 0. The molecule has 0 N–H and O–H groups in total. The van der Waals surface area contributed by atoms with Gasteiger partial charge in [0.2, 0.25) is 0 Å². The molecule has 0 radical (unpaired) electrons. The van der Waals surface area contributed by atoms with Crippen LogP contribution in [0.1, 0.15) is 292 Å². The first-order valence-electron chi connectivity index (χ1n) is 27.0. The fourth-order valence-corrected chi connectivity index (χ4v) is 16.5. The first kappa shape index (κ1) is 57.6. The second kappa shape index (κ2) is 46.1. The summed E-state index contributed by atoms with van der Waals surface area (Å²) in [6.45, 7) is 25.1. The van der Waals surface area contributed by atoms with E-state index in [9.17, 15) is 0 Å². The second-order valence-electron chi connectivity index (χ2n) is 18.3. The number of nitrogens with zero attached hydrogens (tertiary/aromatic N) is 3. The summed E-state index contributed by atoms with van der Waals surface area (Å²) in [5.41, 5.74) is 0. The molecule has 0 bridgehead atoms. The van der Waals surface area contributed by atoms with Gasteiger partial charge in [-0.2, -0.15) is 0 Å².